The van der Waals surface area contributed by atoms with Gasteiger partial charge in [0, 0.05) is 6.07 Å². The predicted molar refractivity (Wildman–Crippen MR) is 149 cm³/mol. The first-order chi connectivity index (χ1) is 21.3. The van der Waals surface area contributed by atoms with Crippen molar-refractivity contribution in [3.63, 3.8) is 0 Å². The molecule has 44 heavy (non-hydrogen) atoms. The Hall–Kier alpha value is -6.96. The zero-order valence-corrected chi connectivity index (χ0v) is 23.4. The molecule has 0 aliphatic rings. The van der Waals surface area contributed by atoms with Crippen molar-refractivity contribution in [3.8, 4) is 17.7 Å². The molecule has 0 aromatic carbocycles. The van der Waals surface area contributed by atoms with Crippen molar-refractivity contribution >= 4 is 40.0 Å². The second-order valence-corrected chi connectivity index (χ2v) is 9.38. The number of aromatic amines is 2. The first kappa shape index (κ1) is 26.0. The molecule has 20 nitrogen and oxygen atoms in total. The van der Waals surface area contributed by atoms with Crippen LogP contribution >= 0.6 is 0 Å². The Balaban J connectivity index is 1.28. The van der Waals surface area contributed by atoms with E-state index in [-0.39, 0.29) is 34.5 Å². The van der Waals surface area contributed by atoms with E-state index in [0.29, 0.717) is 45.7 Å². The largest absolute Gasteiger partial charge is 0.324 e. The minimum absolute atomic E-state index is 0.130. The van der Waals surface area contributed by atoms with E-state index in [1.54, 1.807) is 33.8 Å². The summed E-state index contributed by atoms with van der Waals surface area (Å²) < 4.78 is 5.56. The average molecular weight is 587 g/mol. The number of nitriles is 1. The van der Waals surface area contributed by atoms with Crippen LogP contribution in [-0.2, 0) is 0 Å². The maximum Gasteiger partial charge on any atom is 0.252 e. The van der Waals surface area contributed by atoms with E-state index in [2.05, 4.69) is 81.9 Å². The van der Waals surface area contributed by atoms with Crippen molar-refractivity contribution < 1.29 is 0 Å². The van der Waals surface area contributed by atoms with Gasteiger partial charge in [0.15, 0.2) is 45.9 Å². The highest BCUT2D eigenvalue weighted by molar-refractivity contribution is 5.68. The molecule has 0 radical (unpaired) electrons. The number of nitrogens with zero attached hydrogens (tertiary/aromatic N) is 18. The van der Waals surface area contributed by atoms with Crippen LogP contribution in [-0.4, -0.2) is 69.2 Å². The first-order valence-electron chi connectivity index (χ1n) is 12.8. The molecule has 2 N–H and O–H groups in total. The molecule has 7 heterocycles. The SMILES string of the molecule is [C-]#[N+]c1cnn(-c2cc(-n3ncc(C#N)c3N=Nc3c(C)nn4nc(C)[nH]c34)ncn2)c1N=Nc1c(C)nn2nc(C)[nH]c12. The smallest absolute Gasteiger partial charge is 0.252 e. The molecular weight excluding hydrogens is 568 g/mol. The van der Waals surface area contributed by atoms with Crippen LogP contribution < -0.4 is 0 Å². The Morgan fingerprint density at radius 3 is 1.89 bits per heavy atom. The molecule has 0 saturated carbocycles. The van der Waals surface area contributed by atoms with Crippen LogP contribution in [0, 0.1) is 45.6 Å². The lowest BCUT2D eigenvalue weighted by Gasteiger charge is -2.06. The van der Waals surface area contributed by atoms with Crippen LogP contribution in [0.15, 0.2) is 45.2 Å². The van der Waals surface area contributed by atoms with Gasteiger partial charge in [-0.2, -0.15) is 30.3 Å². The standard InChI is InChI=1S/C24H18N20/c1-11-19(23-31-13(3)39-43(23)37-11)33-35-21-15(7-25)8-29-41(21)17-6-18(28-10-27-17)42-22(16(26-5)9-30-42)36-34-20-12(2)38-44-24(20)32-14(4)40-44/h6,8-10H,1-4H3,(H,31,39)(H,32,40). The molecule has 0 aliphatic heterocycles. The summed E-state index contributed by atoms with van der Waals surface area (Å²) in [7, 11) is 0. The summed E-state index contributed by atoms with van der Waals surface area (Å²) in [5, 5.41) is 52.9. The molecule has 0 aliphatic carbocycles. The van der Waals surface area contributed by atoms with Crippen molar-refractivity contribution in [1.29, 1.82) is 5.26 Å². The summed E-state index contributed by atoms with van der Waals surface area (Å²) >= 11 is 0. The topological polar surface area (TPSA) is 231 Å². The molecule has 0 fully saturated rings. The molecule has 0 bridgehead atoms. The van der Waals surface area contributed by atoms with Gasteiger partial charge in [0.25, 0.3) is 5.69 Å². The fourth-order valence-electron chi connectivity index (χ4n) is 4.41. The number of rotatable bonds is 6. The van der Waals surface area contributed by atoms with Gasteiger partial charge in [-0.05, 0) is 27.7 Å². The Labute approximate surface area is 245 Å². The highest BCUT2D eigenvalue weighted by atomic mass is 15.5. The first-order valence-corrected chi connectivity index (χ1v) is 12.8. The van der Waals surface area contributed by atoms with E-state index in [4.69, 9.17) is 6.57 Å². The minimum Gasteiger partial charge on any atom is -0.324 e. The van der Waals surface area contributed by atoms with Crippen molar-refractivity contribution in [2.24, 2.45) is 20.5 Å². The molecule has 0 spiro atoms. The van der Waals surface area contributed by atoms with E-state index >= 15 is 0 Å². The lowest BCUT2D eigenvalue weighted by atomic mass is 10.3. The summed E-state index contributed by atoms with van der Waals surface area (Å²) in [6.45, 7) is 14.8. The molecule has 0 unspecified atom stereocenters. The Morgan fingerprint density at radius 1 is 0.773 bits per heavy atom. The van der Waals surface area contributed by atoms with E-state index in [1.165, 1.54) is 37.3 Å². The van der Waals surface area contributed by atoms with E-state index in [0.717, 1.165) is 0 Å². The minimum atomic E-state index is 0.130. The van der Waals surface area contributed by atoms with Gasteiger partial charge >= 0.3 is 0 Å². The molecule has 214 valence electrons. The summed E-state index contributed by atoms with van der Waals surface area (Å²) in [5.74, 6) is 2.09. The van der Waals surface area contributed by atoms with E-state index in [9.17, 15) is 5.26 Å². The molecule has 7 rings (SSSR count). The lowest BCUT2D eigenvalue weighted by molar-refractivity contribution is 0.793. The van der Waals surface area contributed by atoms with Gasteiger partial charge < -0.3 is 9.97 Å². The zero-order chi connectivity index (χ0) is 30.5. The Kier molecular flexibility index (Phi) is 5.81. The van der Waals surface area contributed by atoms with Crippen molar-refractivity contribution in [1.82, 2.24) is 69.2 Å². The number of azo groups is 2. The third-order valence-electron chi connectivity index (χ3n) is 6.38. The van der Waals surface area contributed by atoms with Crippen molar-refractivity contribution in [2.45, 2.75) is 27.7 Å². The summed E-state index contributed by atoms with van der Waals surface area (Å²) in [6.07, 6.45) is 4.00. The van der Waals surface area contributed by atoms with Gasteiger partial charge in [0.2, 0.25) is 0 Å². The number of aryl methyl sites for hydroxylation is 4. The maximum absolute atomic E-state index is 9.74. The summed E-state index contributed by atoms with van der Waals surface area (Å²) in [6, 6.07) is 3.63. The molecular formula is C24H18N20. The van der Waals surface area contributed by atoms with Gasteiger partial charge in [-0.1, -0.05) is 0 Å². The number of hydrogen-bond donors (Lipinski definition) is 2. The average Bonchev–Trinajstić information content (AvgIpc) is 3.84. The fourth-order valence-corrected chi connectivity index (χ4v) is 4.41. The van der Waals surface area contributed by atoms with E-state index in [1.807, 2.05) is 0 Å². The quantitative estimate of drug-likeness (QED) is 0.211. The maximum atomic E-state index is 9.74. The van der Waals surface area contributed by atoms with Crippen LogP contribution in [0.1, 0.15) is 28.6 Å². The summed E-state index contributed by atoms with van der Waals surface area (Å²) in [4.78, 5) is 18.4. The Bertz CT molecular complexity index is 2200. The monoisotopic (exact) mass is 586 g/mol. The molecule has 0 amide bonds. The second kappa shape index (κ2) is 9.85. The normalized spacial score (nSPS) is 11.9. The predicted octanol–water partition coefficient (Wildman–Crippen LogP) is 4.08. The third kappa shape index (κ3) is 4.14. The van der Waals surface area contributed by atoms with Crippen LogP contribution in [0.25, 0.3) is 27.8 Å². The molecule has 7 aromatic heterocycles. The highest BCUT2D eigenvalue weighted by Gasteiger charge is 2.19. The lowest BCUT2D eigenvalue weighted by Crippen LogP contribution is -2.05. The van der Waals surface area contributed by atoms with Crippen LogP contribution in [0.3, 0.4) is 0 Å². The van der Waals surface area contributed by atoms with Crippen molar-refractivity contribution in [2.75, 3.05) is 0 Å². The number of fused-ring (bicyclic) bond motifs is 2. The van der Waals surface area contributed by atoms with Gasteiger partial charge in [0.05, 0.1) is 30.4 Å². The van der Waals surface area contributed by atoms with Crippen LogP contribution in [0.2, 0.25) is 0 Å². The van der Waals surface area contributed by atoms with Gasteiger partial charge in [-0.25, -0.2) is 19.5 Å². The molecule has 0 saturated heterocycles. The molecule has 0 atom stereocenters. The molecule has 20 heteroatoms. The Morgan fingerprint density at radius 2 is 1.32 bits per heavy atom. The van der Waals surface area contributed by atoms with Crippen LogP contribution in [0.4, 0.5) is 28.7 Å². The van der Waals surface area contributed by atoms with Gasteiger partial charge in [-0.3, -0.25) is 0 Å². The second-order valence-electron chi connectivity index (χ2n) is 9.38. The number of aromatic nitrogens is 14. The van der Waals surface area contributed by atoms with Gasteiger partial charge in [0.1, 0.15) is 29.6 Å². The molecule has 7 aromatic rings. The number of hydrogen-bond acceptors (Lipinski definition) is 13. The highest BCUT2D eigenvalue weighted by Crippen LogP contribution is 2.34. The van der Waals surface area contributed by atoms with Crippen LogP contribution in [0.5, 0.6) is 0 Å². The number of nitrogens with one attached hydrogen (secondary N) is 2. The van der Waals surface area contributed by atoms with E-state index < -0.39 is 0 Å². The zero-order valence-electron chi connectivity index (χ0n) is 23.4. The van der Waals surface area contributed by atoms with Gasteiger partial charge in [-0.15, -0.1) is 39.9 Å². The van der Waals surface area contributed by atoms with Crippen molar-refractivity contribution in [3.05, 3.63) is 64.8 Å². The third-order valence-corrected chi connectivity index (χ3v) is 6.38. The fraction of sp³-hybridized carbons (Fsp3) is 0.167. The summed E-state index contributed by atoms with van der Waals surface area (Å²) in [5.41, 5.74) is 3.53. The number of H-pyrrole nitrogens is 2.